The van der Waals surface area contributed by atoms with Crippen molar-refractivity contribution in [3.8, 4) is 0 Å². The molecule has 0 unspecified atom stereocenters. The monoisotopic (exact) mass is 354 g/mol. The maximum absolute atomic E-state index is 13.0. The van der Waals surface area contributed by atoms with Gasteiger partial charge < -0.3 is 23.8 Å². The number of ether oxygens (including phenoxy) is 1. The van der Waals surface area contributed by atoms with Crippen LogP contribution in [-0.4, -0.2) is 35.0 Å². The number of carbonyl (C=O) groups is 2. The highest BCUT2D eigenvalue weighted by Crippen LogP contribution is 2.52. The lowest BCUT2D eigenvalue weighted by Crippen LogP contribution is -2.43. The molecule has 3 aliphatic heterocycles. The number of rotatable bonds is 5. The molecule has 2 saturated heterocycles. The van der Waals surface area contributed by atoms with Crippen LogP contribution < -0.4 is 5.32 Å². The Balaban J connectivity index is 1.35. The van der Waals surface area contributed by atoms with Gasteiger partial charge in [0, 0.05) is 0 Å². The van der Waals surface area contributed by atoms with Crippen LogP contribution in [0.1, 0.15) is 11.5 Å². The first kappa shape index (κ1) is 15.5. The average molecular weight is 354 g/mol. The molecular weight excluding hydrogens is 336 g/mol. The van der Waals surface area contributed by atoms with Crippen LogP contribution in [0.3, 0.4) is 0 Å². The third kappa shape index (κ3) is 2.24. The zero-order chi connectivity index (χ0) is 17.7. The lowest BCUT2D eigenvalue weighted by Gasteiger charge is -2.23. The van der Waals surface area contributed by atoms with Gasteiger partial charge in [0.2, 0.25) is 11.8 Å². The second kappa shape index (κ2) is 5.60. The fourth-order valence-corrected chi connectivity index (χ4v) is 4.31. The number of hydrogen-bond acceptors (Lipinski definition) is 5. The quantitative estimate of drug-likeness (QED) is 0.822. The Morgan fingerprint density at radius 3 is 2.73 bits per heavy atom. The lowest BCUT2D eigenvalue weighted by molar-refractivity contribution is -0.138. The highest BCUT2D eigenvalue weighted by Gasteiger charge is 2.66. The van der Waals surface area contributed by atoms with Crippen LogP contribution in [0.5, 0.6) is 0 Å². The number of hydrogen-bond donors (Lipinski definition) is 1. The Labute approximate surface area is 149 Å². The molecule has 7 heteroatoms. The zero-order valence-corrected chi connectivity index (χ0v) is 14.0. The summed E-state index contributed by atoms with van der Waals surface area (Å²) in [4.78, 5) is 27.5. The first-order valence-electron chi connectivity index (χ1n) is 8.65. The van der Waals surface area contributed by atoms with Crippen LogP contribution in [0.2, 0.25) is 0 Å². The van der Waals surface area contributed by atoms with Crippen molar-refractivity contribution in [2.75, 3.05) is 6.54 Å². The number of furan rings is 2. The second-order valence-electron chi connectivity index (χ2n) is 6.97. The molecule has 0 aromatic carbocycles. The normalized spacial score (nSPS) is 31.6. The van der Waals surface area contributed by atoms with E-state index >= 15 is 0 Å². The van der Waals surface area contributed by atoms with E-state index in [0.29, 0.717) is 31.2 Å². The highest BCUT2D eigenvalue weighted by molar-refractivity contribution is 5.92. The Morgan fingerprint density at radius 2 is 2.00 bits per heavy atom. The molecule has 0 saturated carbocycles. The van der Waals surface area contributed by atoms with E-state index in [-0.39, 0.29) is 17.9 Å². The molecule has 7 nitrogen and oxygen atoms in total. The Bertz CT molecular complexity index is 857. The summed E-state index contributed by atoms with van der Waals surface area (Å²) in [6.45, 7) is 1.11. The van der Waals surface area contributed by atoms with Gasteiger partial charge in [0.1, 0.15) is 17.1 Å². The Hall–Kier alpha value is -2.80. The number of fused-ring (bicyclic) bond motifs is 1. The molecule has 5 rings (SSSR count). The van der Waals surface area contributed by atoms with E-state index in [0.717, 1.165) is 0 Å². The number of amides is 2. The topological polar surface area (TPSA) is 84.9 Å². The summed E-state index contributed by atoms with van der Waals surface area (Å²) in [5.41, 5.74) is -0.707. The van der Waals surface area contributed by atoms with Gasteiger partial charge in [-0.2, -0.15) is 0 Å². The van der Waals surface area contributed by atoms with E-state index in [9.17, 15) is 9.59 Å². The van der Waals surface area contributed by atoms with E-state index in [1.165, 1.54) is 0 Å². The first-order valence-corrected chi connectivity index (χ1v) is 8.65. The molecule has 2 bridgehead atoms. The molecule has 2 aromatic rings. The van der Waals surface area contributed by atoms with Gasteiger partial charge in [-0.15, -0.1) is 0 Å². The summed E-state index contributed by atoms with van der Waals surface area (Å²) >= 11 is 0. The third-order valence-electron chi connectivity index (χ3n) is 5.43. The summed E-state index contributed by atoms with van der Waals surface area (Å²) in [5, 5.41) is 2.87. The van der Waals surface area contributed by atoms with Crippen molar-refractivity contribution in [2.24, 2.45) is 11.8 Å². The largest absolute Gasteiger partial charge is 0.467 e. The van der Waals surface area contributed by atoms with Gasteiger partial charge in [0.15, 0.2) is 0 Å². The molecule has 2 aromatic heterocycles. The summed E-state index contributed by atoms with van der Waals surface area (Å²) in [7, 11) is 0. The molecule has 26 heavy (non-hydrogen) atoms. The van der Waals surface area contributed by atoms with Crippen LogP contribution in [-0.2, 0) is 27.4 Å². The summed E-state index contributed by atoms with van der Waals surface area (Å²) in [6.07, 6.45) is 6.64. The fraction of sp³-hybridized carbons (Fsp3) is 0.368. The fourth-order valence-electron chi connectivity index (χ4n) is 4.31. The van der Waals surface area contributed by atoms with E-state index in [1.54, 1.807) is 35.6 Å². The van der Waals surface area contributed by atoms with Gasteiger partial charge in [-0.1, -0.05) is 12.2 Å². The summed E-state index contributed by atoms with van der Waals surface area (Å²) in [5.74, 6) is 0.118. The van der Waals surface area contributed by atoms with Crippen LogP contribution in [0, 0.1) is 11.8 Å². The molecule has 0 aliphatic carbocycles. The smallest absolute Gasteiger partial charge is 0.230 e. The highest BCUT2D eigenvalue weighted by atomic mass is 16.5. The number of nitrogens with zero attached hydrogens (tertiary/aromatic N) is 1. The summed E-state index contributed by atoms with van der Waals surface area (Å²) < 4.78 is 16.7. The predicted octanol–water partition coefficient (Wildman–Crippen LogP) is 1.47. The molecule has 2 fully saturated rings. The van der Waals surface area contributed by atoms with Crippen molar-refractivity contribution < 1.29 is 23.2 Å². The molecular formula is C19H18N2O5. The average Bonchev–Trinajstić information content (AvgIpc) is 3.43. The van der Waals surface area contributed by atoms with Gasteiger partial charge in [0.05, 0.1) is 50.1 Å². The number of carbonyl (C=O) groups excluding carboxylic acids is 2. The van der Waals surface area contributed by atoms with E-state index < -0.39 is 17.4 Å². The first-order chi connectivity index (χ1) is 12.7. The van der Waals surface area contributed by atoms with Crippen molar-refractivity contribution in [3.05, 3.63) is 60.5 Å². The minimum atomic E-state index is -0.707. The van der Waals surface area contributed by atoms with Crippen molar-refractivity contribution in [1.82, 2.24) is 10.2 Å². The van der Waals surface area contributed by atoms with Gasteiger partial charge in [-0.3, -0.25) is 9.59 Å². The number of nitrogens with one attached hydrogen (secondary N) is 1. The van der Waals surface area contributed by atoms with Gasteiger partial charge in [-0.25, -0.2) is 0 Å². The zero-order valence-electron chi connectivity index (χ0n) is 14.0. The predicted molar refractivity (Wildman–Crippen MR) is 88.4 cm³/mol. The van der Waals surface area contributed by atoms with Crippen molar-refractivity contribution in [2.45, 2.75) is 24.8 Å². The van der Waals surface area contributed by atoms with Crippen molar-refractivity contribution in [3.63, 3.8) is 0 Å². The maximum atomic E-state index is 13.0. The van der Waals surface area contributed by atoms with E-state index in [2.05, 4.69) is 5.32 Å². The van der Waals surface area contributed by atoms with Crippen LogP contribution in [0.25, 0.3) is 0 Å². The number of likely N-dealkylation sites (tertiary alicyclic amines) is 1. The Morgan fingerprint density at radius 1 is 1.23 bits per heavy atom. The van der Waals surface area contributed by atoms with E-state index in [4.69, 9.17) is 13.6 Å². The van der Waals surface area contributed by atoms with Crippen molar-refractivity contribution >= 4 is 11.8 Å². The Kier molecular flexibility index (Phi) is 3.33. The van der Waals surface area contributed by atoms with Crippen molar-refractivity contribution in [1.29, 1.82) is 0 Å². The molecule has 2 amide bonds. The minimum Gasteiger partial charge on any atom is -0.467 e. The molecule has 3 aliphatic rings. The SMILES string of the molecule is O=C(NCc1ccco1)[C@@H]1[C@H]2C(=O)N(Cc3ccco3)C[C@@]23C=C[C@H]1O3. The summed E-state index contributed by atoms with van der Waals surface area (Å²) in [6, 6.07) is 7.19. The van der Waals surface area contributed by atoms with Crippen LogP contribution in [0.4, 0.5) is 0 Å². The van der Waals surface area contributed by atoms with Gasteiger partial charge in [0.25, 0.3) is 0 Å². The minimum absolute atomic E-state index is 0.0635. The molecule has 1 spiro atoms. The standard InChI is InChI=1S/C19H18N2O5/c22-17(20-9-12-3-1-7-24-12)15-14-5-6-19(26-14)11-21(18(23)16(15)19)10-13-4-2-8-25-13/h1-8,14-16H,9-11H2,(H,20,22)/t14-,15+,16+,19+/m1/s1. The van der Waals surface area contributed by atoms with Crippen LogP contribution >= 0.6 is 0 Å². The second-order valence-corrected chi connectivity index (χ2v) is 6.97. The maximum Gasteiger partial charge on any atom is 0.230 e. The third-order valence-corrected chi connectivity index (χ3v) is 5.43. The molecule has 1 N–H and O–H groups in total. The van der Waals surface area contributed by atoms with Crippen LogP contribution in [0.15, 0.2) is 57.8 Å². The molecule has 4 atom stereocenters. The van der Waals surface area contributed by atoms with E-state index in [1.807, 2.05) is 18.2 Å². The van der Waals surface area contributed by atoms with Gasteiger partial charge >= 0.3 is 0 Å². The van der Waals surface area contributed by atoms with Gasteiger partial charge in [-0.05, 0) is 24.3 Å². The lowest BCUT2D eigenvalue weighted by atomic mass is 9.77. The molecule has 134 valence electrons. The molecule has 0 radical (unpaired) electrons. The molecule has 5 heterocycles.